The molecule has 2 rings (SSSR count). The van der Waals surface area contributed by atoms with Gasteiger partial charge in [0.15, 0.2) is 0 Å². The lowest BCUT2D eigenvalue weighted by atomic mass is 10.3. The van der Waals surface area contributed by atoms with Crippen LogP contribution in [0.4, 0.5) is 9.18 Å². The third-order valence-corrected chi connectivity index (χ3v) is 2.90. The summed E-state index contributed by atoms with van der Waals surface area (Å²) in [5.41, 5.74) is 0. The van der Waals surface area contributed by atoms with Crippen molar-refractivity contribution in [3.8, 4) is 17.2 Å². The maximum atomic E-state index is 12.8. The molecule has 1 N–H and O–H groups in total. The number of halogens is 1. The molecule has 0 aliphatic carbocycles. The number of carbonyl (C=O) groups is 1. The smallest absolute Gasteiger partial charge is 0.407 e. The second-order valence-corrected chi connectivity index (χ2v) is 4.58. The molecular formula is C16H16FNO4. The number of hydrogen-bond acceptors (Lipinski definition) is 3. The molecule has 0 atom stereocenters. The maximum absolute atomic E-state index is 12.8. The highest BCUT2D eigenvalue weighted by molar-refractivity contribution is 5.64. The van der Waals surface area contributed by atoms with Crippen LogP contribution >= 0.6 is 0 Å². The molecule has 5 nitrogen and oxygen atoms in total. The Labute approximate surface area is 127 Å². The Bertz CT molecular complexity index is 613. The van der Waals surface area contributed by atoms with E-state index in [1.54, 1.807) is 36.4 Å². The highest BCUT2D eigenvalue weighted by atomic mass is 19.1. The van der Waals surface area contributed by atoms with E-state index < -0.39 is 6.09 Å². The van der Waals surface area contributed by atoms with E-state index in [1.165, 1.54) is 19.2 Å². The predicted molar refractivity (Wildman–Crippen MR) is 79.1 cm³/mol. The van der Waals surface area contributed by atoms with Crippen molar-refractivity contribution in [3.63, 3.8) is 0 Å². The van der Waals surface area contributed by atoms with Gasteiger partial charge in [-0.1, -0.05) is 0 Å². The van der Waals surface area contributed by atoms with E-state index in [9.17, 15) is 9.18 Å². The van der Waals surface area contributed by atoms with Crippen LogP contribution in [0.5, 0.6) is 17.2 Å². The molecule has 6 heteroatoms. The first-order valence-electron chi connectivity index (χ1n) is 6.65. The van der Waals surface area contributed by atoms with E-state index in [0.717, 1.165) is 4.90 Å². The van der Waals surface area contributed by atoms with Crippen LogP contribution in [0, 0.1) is 5.82 Å². The fourth-order valence-corrected chi connectivity index (χ4v) is 1.64. The van der Waals surface area contributed by atoms with Crippen molar-refractivity contribution in [2.45, 2.75) is 0 Å². The Balaban J connectivity index is 1.85. The number of benzene rings is 2. The Kier molecular flexibility index (Phi) is 5.19. The molecule has 0 aliphatic rings. The first-order chi connectivity index (χ1) is 10.5. The lowest BCUT2D eigenvalue weighted by Crippen LogP contribution is -2.29. The molecule has 0 bridgehead atoms. The van der Waals surface area contributed by atoms with Crippen molar-refractivity contribution < 1.29 is 23.8 Å². The second-order valence-electron chi connectivity index (χ2n) is 4.58. The van der Waals surface area contributed by atoms with Gasteiger partial charge in [0.05, 0.1) is 6.54 Å². The SMILES string of the molecule is CN(CCOc1ccc(Oc2ccc(F)cc2)cc1)C(=O)O. The normalized spacial score (nSPS) is 10.1. The second kappa shape index (κ2) is 7.31. The average molecular weight is 305 g/mol. The quantitative estimate of drug-likeness (QED) is 0.885. The van der Waals surface area contributed by atoms with Crippen LogP contribution in [-0.4, -0.2) is 36.3 Å². The van der Waals surface area contributed by atoms with E-state index in [-0.39, 0.29) is 19.0 Å². The van der Waals surface area contributed by atoms with Crippen molar-refractivity contribution in [1.29, 1.82) is 0 Å². The van der Waals surface area contributed by atoms with Gasteiger partial charge in [0.2, 0.25) is 0 Å². The summed E-state index contributed by atoms with van der Waals surface area (Å²) in [6.45, 7) is 0.546. The molecule has 0 heterocycles. The number of nitrogens with zero attached hydrogens (tertiary/aromatic N) is 1. The summed E-state index contributed by atoms with van der Waals surface area (Å²) in [5, 5.41) is 8.70. The summed E-state index contributed by atoms with van der Waals surface area (Å²) >= 11 is 0. The van der Waals surface area contributed by atoms with Crippen LogP contribution in [0.2, 0.25) is 0 Å². The van der Waals surface area contributed by atoms with Crippen LogP contribution in [0.25, 0.3) is 0 Å². The molecule has 2 aromatic carbocycles. The average Bonchev–Trinajstić information content (AvgIpc) is 2.51. The summed E-state index contributed by atoms with van der Waals surface area (Å²) < 4.78 is 23.8. The van der Waals surface area contributed by atoms with E-state index in [4.69, 9.17) is 14.6 Å². The van der Waals surface area contributed by atoms with Crippen LogP contribution in [0.15, 0.2) is 48.5 Å². The Morgan fingerprint density at radius 1 is 1.05 bits per heavy atom. The summed E-state index contributed by atoms with van der Waals surface area (Å²) in [4.78, 5) is 11.8. The van der Waals surface area contributed by atoms with Gasteiger partial charge in [-0.25, -0.2) is 9.18 Å². The lowest BCUT2D eigenvalue weighted by Gasteiger charge is -2.13. The van der Waals surface area contributed by atoms with Gasteiger partial charge < -0.3 is 19.5 Å². The molecular weight excluding hydrogens is 289 g/mol. The molecule has 0 saturated carbocycles. The van der Waals surface area contributed by atoms with Gasteiger partial charge in [-0.05, 0) is 48.5 Å². The van der Waals surface area contributed by atoms with Crippen molar-refractivity contribution in [2.24, 2.45) is 0 Å². The zero-order valence-electron chi connectivity index (χ0n) is 12.0. The van der Waals surface area contributed by atoms with Gasteiger partial charge in [-0.15, -0.1) is 0 Å². The van der Waals surface area contributed by atoms with Crippen molar-refractivity contribution in [1.82, 2.24) is 4.90 Å². The van der Waals surface area contributed by atoms with Crippen molar-refractivity contribution >= 4 is 6.09 Å². The molecule has 0 saturated heterocycles. The van der Waals surface area contributed by atoms with Crippen molar-refractivity contribution in [2.75, 3.05) is 20.2 Å². The number of likely N-dealkylation sites (N-methyl/N-ethyl adjacent to an activating group) is 1. The topological polar surface area (TPSA) is 59.0 Å². The summed E-state index contributed by atoms with van der Waals surface area (Å²) in [7, 11) is 1.48. The van der Waals surface area contributed by atoms with E-state index in [2.05, 4.69) is 0 Å². The highest BCUT2D eigenvalue weighted by Crippen LogP contribution is 2.23. The number of carboxylic acid groups (broad SMARTS) is 1. The number of rotatable bonds is 6. The molecule has 0 spiro atoms. The fraction of sp³-hybridized carbons (Fsp3) is 0.188. The van der Waals surface area contributed by atoms with Gasteiger partial charge >= 0.3 is 6.09 Å². The minimum absolute atomic E-state index is 0.265. The zero-order chi connectivity index (χ0) is 15.9. The molecule has 0 radical (unpaired) electrons. The van der Waals surface area contributed by atoms with E-state index >= 15 is 0 Å². The van der Waals surface area contributed by atoms with Gasteiger partial charge in [0.1, 0.15) is 29.7 Å². The molecule has 0 aliphatic heterocycles. The summed E-state index contributed by atoms with van der Waals surface area (Å²) in [6.07, 6.45) is -0.994. The minimum atomic E-state index is -0.994. The Hall–Kier alpha value is -2.76. The standard InChI is InChI=1S/C16H16FNO4/c1-18(16(19)20)10-11-21-13-6-8-15(9-7-13)22-14-4-2-12(17)3-5-14/h2-9H,10-11H2,1H3,(H,19,20). The first kappa shape index (κ1) is 15.6. The fourth-order valence-electron chi connectivity index (χ4n) is 1.64. The third kappa shape index (κ3) is 4.66. The third-order valence-electron chi connectivity index (χ3n) is 2.90. The van der Waals surface area contributed by atoms with E-state index in [0.29, 0.717) is 17.2 Å². The Morgan fingerprint density at radius 3 is 2.09 bits per heavy atom. The van der Waals surface area contributed by atoms with Gasteiger partial charge in [0, 0.05) is 7.05 Å². The molecule has 1 amide bonds. The molecule has 2 aromatic rings. The van der Waals surface area contributed by atoms with Crippen LogP contribution in [0.1, 0.15) is 0 Å². The molecule has 116 valence electrons. The number of amides is 1. The summed E-state index contributed by atoms with van der Waals surface area (Å²) in [6, 6.07) is 12.6. The minimum Gasteiger partial charge on any atom is -0.492 e. The van der Waals surface area contributed by atoms with Crippen LogP contribution in [-0.2, 0) is 0 Å². The predicted octanol–water partition coefficient (Wildman–Crippen LogP) is 3.61. The monoisotopic (exact) mass is 305 g/mol. The summed E-state index contributed by atoms with van der Waals surface area (Å²) in [5.74, 6) is 1.44. The molecule has 0 aromatic heterocycles. The molecule has 0 fully saturated rings. The Morgan fingerprint density at radius 2 is 1.55 bits per heavy atom. The van der Waals surface area contributed by atoms with E-state index in [1.807, 2.05) is 0 Å². The number of hydrogen-bond donors (Lipinski definition) is 1. The molecule has 0 unspecified atom stereocenters. The van der Waals surface area contributed by atoms with Gasteiger partial charge in [-0.3, -0.25) is 0 Å². The number of ether oxygens (including phenoxy) is 2. The highest BCUT2D eigenvalue weighted by Gasteiger charge is 2.05. The van der Waals surface area contributed by atoms with Crippen LogP contribution < -0.4 is 9.47 Å². The van der Waals surface area contributed by atoms with Gasteiger partial charge in [0.25, 0.3) is 0 Å². The molecule has 22 heavy (non-hydrogen) atoms. The zero-order valence-corrected chi connectivity index (χ0v) is 12.0. The first-order valence-corrected chi connectivity index (χ1v) is 6.65. The van der Waals surface area contributed by atoms with Crippen molar-refractivity contribution in [3.05, 3.63) is 54.3 Å². The van der Waals surface area contributed by atoms with Gasteiger partial charge in [-0.2, -0.15) is 0 Å². The largest absolute Gasteiger partial charge is 0.492 e. The maximum Gasteiger partial charge on any atom is 0.407 e. The van der Waals surface area contributed by atoms with Crippen LogP contribution in [0.3, 0.4) is 0 Å². The lowest BCUT2D eigenvalue weighted by molar-refractivity contribution is 0.147.